The van der Waals surface area contributed by atoms with Crippen molar-refractivity contribution in [2.75, 3.05) is 11.4 Å². The lowest BCUT2D eigenvalue weighted by Crippen LogP contribution is -2.30. The van der Waals surface area contributed by atoms with Crippen molar-refractivity contribution in [3.63, 3.8) is 0 Å². The molecule has 1 aliphatic rings. The molecule has 0 saturated heterocycles. The van der Waals surface area contributed by atoms with Gasteiger partial charge < -0.3 is 4.90 Å². The number of aryl methyl sites for hydroxylation is 1. The van der Waals surface area contributed by atoms with E-state index >= 15 is 0 Å². The molecule has 0 saturated carbocycles. The summed E-state index contributed by atoms with van der Waals surface area (Å²) in [5, 5.41) is 9.12. The van der Waals surface area contributed by atoms with Crippen LogP contribution >= 0.6 is 0 Å². The summed E-state index contributed by atoms with van der Waals surface area (Å²) in [6.45, 7) is 0.736. The van der Waals surface area contributed by atoms with Crippen LogP contribution in [0.1, 0.15) is 29.5 Å². The number of hydrogen-bond donors (Lipinski definition) is 0. The number of para-hydroxylation sites is 1. The molecule has 3 heteroatoms. The second kappa shape index (κ2) is 6.93. The summed E-state index contributed by atoms with van der Waals surface area (Å²) in [5.41, 5.74) is 3.58. The number of hydrogen-bond acceptors (Lipinski definition) is 2. The number of amides is 1. The Morgan fingerprint density at radius 1 is 1.09 bits per heavy atom. The van der Waals surface area contributed by atoms with E-state index in [-0.39, 0.29) is 5.91 Å². The van der Waals surface area contributed by atoms with Gasteiger partial charge in [-0.2, -0.15) is 5.26 Å². The molecule has 0 bridgehead atoms. The highest BCUT2D eigenvalue weighted by atomic mass is 16.2. The van der Waals surface area contributed by atoms with Gasteiger partial charge in [-0.05, 0) is 48.6 Å². The Balaban J connectivity index is 1.86. The van der Waals surface area contributed by atoms with Gasteiger partial charge in [-0.3, -0.25) is 4.79 Å². The van der Waals surface area contributed by atoms with Crippen LogP contribution in [-0.2, 0) is 11.2 Å². The first-order valence-electron chi connectivity index (χ1n) is 7.86. The molecule has 0 N–H and O–H groups in total. The van der Waals surface area contributed by atoms with Gasteiger partial charge in [0, 0.05) is 18.3 Å². The van der Waals surface area contributed by atoms with Crippen LogP contribution in [-0.4, -0.2) is 12.5 Å². The van der Waals surface area contributed by atoms with E-state index in [4.69, 9.17) is 5.26 Å². The van der Waals surface area contributed by atoms with Crippen molar-refractivity contribution in [1.29, 1.82) is 5.26 Å². The highest BCUT2D eigenvalue weighted by molar-refractivity contribution is 6.04. The fraction of sp³-hybridized carbons (Fsp3) is 0.200. The third-order valence-electron chi connectivity index (χ3n) is 4.11. The first kappa shape index (κ1) is 15.1. The van der Waals surface area contributed by atoms with E-state index in [1.54, 1.807) is 18.2 Å². The minimum atomic E-state index is -0.0351. The molecular formula is C20H18N2O. The number of benzene rings is 2. The molecule has 1 aliphatic heterocycles. The molecule has 114 valence electrons. The molecular weight excluding hydrogens is 284 g/mol. The minimum Gasteiger partial charge on any atom is -0.309 e. The lowest BCUT2D eigenvalue weighted by Gasteiger charge is -2.21. The Labute approximate surface area is 136 Å². The van der Waals surface area contributed by atoms with Gasteiger partial charge in [0.25, 0.3) is 5.91 Å². The van der Waals surface area contributed by atoms with Gasteiger partial charge in [0.05, 0.1) is 11.6 Å². The molecule has 1 heterocycles. The number of nitrogens with zero attached hydrogens (tertiary/aromatic N) is 2. The van der Waals surface area contributed by atoms with Crippen LogP contribution < -0.4 is 4.90 Å². The number of fused-ring (bicyclic) bond motifs is 1. The van der Waals surface area contributed by atoms with Crippen molar-refractivity contribution in [1.82, 2.24) is 0 Å². The zero-order valence-corrected chi connectivity index (χ0v) is 12.9. The van der Waals surface area contributed by atoms with Gasteiger partial charge in [-0.15, -0.1) is 0 Å². The van der Waals surface area contributed by atoms with Gasteiger partial charge in [0.2, 0.25) is 0 Å². The zero-order valence-electron chi connectivity index (χ0n) is 12.9. The highest BCUT2D eigenvalue weighted by Crippen LogP contribution is 2.26. The Bertz CT molecular complexity index is 786. The Morgan fingerprint density at radius 3 is 2.74 bits per heavy atom. The standard InChI is InChI=1S/C20H18N2O/c21-15-18-10-2-1-7-16(18)12-13-20(23)22-14-6-5-9-17-8-3-4-11-19(17)22/h1-4,7-8,10-13H,5-6,9,14H2. The Morgan fingerprint density at radius 2 is 1.87 bits per heavy atom. The monoisotopic (exact) mass is 302 g/mol. The molecule has 0 atom stereocenters. The number of rotatable bonds is 2. The fourth-order valence-corrected chi connectivity index (χ4v) is 2.92. The molecule has 3 rings (SSSR count). The van der Waals surface area contributed by atoms with Crippen LogP contribution in [0.2, 0.25) is 0 Å². The topological polar surface area (TPSA) is 44.1 Å². The normalized spacial score (nSPS) is 14.1. The van der Waals surface area contributed by atoms with Gasteiger partial charge in [0.15, 0.2) is 0 Å². The van der Waals surface area contributed by atoms with Crippen LogP contribution in [0.3, 0.4) is 0 Å². The highest BCUT2D eigenvalue weighted by Gasteiger charge is 2.18. The summed E-state index contributed by atoms with van der Waals surface area (Å²) >= 11 is 0. The SMILES string of the molecule is N#Cc1ccccc1C=CC(=O)N1CCCCc2ccccc21. The summed E-state index contributed by atoms with van der Waals surface area (Å²) < 4.78 is 0. The number of nitriles is 1. The van der Waals surface area contributed by atoms with E-state index < -0.39 is 0 Å². The van der Waals surface area contributed by atoms with Gasteiger partial charge >= 0.3 is 0 Å². The van der Waals surface area contributed by atoms with E-state index in [0.29, 0.717) is 5.56 Å². The quantitative estimate of drug-likeness (QED) is 0.789. The maximum absolute atomic E-state index is 12.6. The van der Waals surface area contributed by atoms with Crippen LogP contribution in [0.15, 0.2) is 54.6 Å². The molecule has 23 heavy (non-hydrogen) atoms. The third kappa shape index (κ3) is 3.32. The van der Waals surface area contributed by atoms with E-state index in [9.17, 15) is 4.79 Å². The lowest BCUT2D eigenvalue weighted by molar-refractivity contribution is -0.114. The van der Waals surface area contributed by atoms with Crippen molar-refractivity contribution >= 4 is 17.7 Å². The van der Waals surface area contributed by atoms with Crippen LogP contribution in [0.4, 0.5) is 5.69 Å². The van der Waals surface area contributed by atoms with E-state index in [2.05, 4.69) is 12.1 Å². The molecule has 0 radical (unpaired) electrons. The molecule has 0 spiro atoms. The predicted molar refractivity (Wildman–Crippen MR) is 91.9 cm³/mol. The summed E-state index contributed by atoms with van der Waals surface area (Å²) in [7, 11) is 0. The van der Waals surface area contributed by atoms with Crippen molar-refractivity contribution in [3.8, 4) is 6.07 Å². The summed E-state index contributed by atoms with van der Waals surface area (Å²) in [5.74, 6) is -0.0351. The summed E-state index contributed by atoms with van der Waals surface area (Å²) in [4.78, 5) is 14.5. The van der Waals surface area contributed by atoms with Crippen molar-refractivity contribution in [2.45, 2.75) is 19.3 Å². The molecule has 0 fully saturated rings. The van der Waals surface area contributed by atoms with Crippen LogP contribution in [0, 0.1) is 11.3 Å². The first-order valence-corrected chi connectivity index (χ1v) is 7.86. The summed E-state index contributed by atoms with van der Waals surface area (Å²) in [6, 6.07) is 17.5. The van der Waals surface area contributed by atoms with Crippen LogP contribution in [0.5, 0.6) is 0 Å². The average molecular weight is 302 g/mol. The van der Waals surface area contributed by atoms with Crippen molar-refractivity contribution < 1.29 is 4.79 Å². The Hall–Kier alpha value is -2.86. The van der Waals surface area contributed by atoms with Gasteiger partial charge in [-0.25, -0.2) is 0 Å². The van der Waals surface area contributed by atoms with E-state index in [0.717, 1.165) is 37.1 Å². The molecule has 2 aromatic carbocycles. The summed E-state index contributed by atoms with van der Waals surface area (Å²) in [6.07, 6.45) is 6.42. The second-order valence-electron chi connectivity index (χ2n) is 5.61. The van der Waals surface area contributed by atoms with Gasteiger partial charge in [0.1, 0.15) is 0 Å². The minimum absolute atomic E-state index is 0.0351. The molecule has 0 unspecified atom stereocenters. The first-order chi connectivity index (χ1) is 11.3. The lowest BCUT2D eigenvalue weighted by atomic mass is 10.1. The number of anilines is 1. The average Bonchev–Trinajstić information content (AvgIpc) is 2.82. The van der Waals surface area contributed by atoms with Gasteiger partial charge in [-0.1, -0.05) is 36.4 Å². The fourth-order valence-electron chi connectivity index (χ4n) is 2.92. The predicted octanol–water partition coefficient (Wildman–Crippen LogP) is 3.94. The van der Waals surface area contributed by atoms with Crippen molar-refractivity contribution in [3.05, 3.63) is 71.3 Å². The Kier molecular flexibility index (Phi) is 4.54. The molecule has 3 nitrogen and oxygen atoms in total. The second-order valence-corrected chi connectivity index (χ2v) is 5.61. The smallest absolute Gasteiger partial charge is 0.250 e. The molecule has 0 aromatic heterocycles. The maximum atomic E-state index is 12.6. The van der Waals surface area contributed by atoms with Crippen molar-refractivity contribution in [2.24, 2.45) is 0 Å². The molecule has 2 aromatic rings. The number of carbonyl (C=O) groups excluding carboxylic acids is 1. The number of carbonyl (C=O) groups is 1. The largest absolute Gasteiger partial charge is 0.309 e. The maximum Gasteiger partial charge on any atom is 0.250 e. The van der Waals surface area contributed by atoms with E-state index in [1.165, 1.54) is 5.56 Å². The molecule has 1 amide bonds. The molecule has 0 aliphatic carbocycles. The van der Waals surface area contributed by atoms with Crippen LogP contribution in [0.25, 0.3) is 6.08 Å². The van der Waals surface area contributed by atoms with E-state index in [1.807, 2.05) is 41.3 Å². The third-order valence-corrected chi connectivity index (χ3v) is 4.11. The zero-order chi connectivity index (χ0) is 16.1.